The van der Waals surface area contributed by atoms with E-state index in [2.05, 4.69) is 63.8 Å². The molecule has 0 atom stereocenters. The Morgan fingerprint density at radius 1 is 0.783 bits per heavy atom. The highest BCUT2D eigenvalue weighted by Gasteiger charge is 2.32. The van der Waals surface area contributed by atoms with Gasteiger partial charge in [-0.15, -0.1) is 0 Å². The fraction of sp³-hybridized carbons (Fsp3) is 0.778. The van der Waals surface area contributed by atoms with Gasteiger partial charge in [0.15, 0.2) is 16.6 Å². The summed E-state index contributed by atoms with van der Waals surface area (Å²) in [5, 5.41) is 6.88. The Balaban J connectivity index is 3.94. The lowest BCUT2D eigenvalue weighted by atomic mass is 10.3. The maximum absolute atomic E-state index is 6.67. The molecule has 0 aromatic rings. The maximum atomic E-state index is 6.67. The highest BCUT2D eigenvalue weighted by atomic mass is 28.4. The van der Waals surface area contributed by atoms with Gasteiger partial charge in [0.25, 0.3) is 0 Å². The second kappa shape index (κ2) is 11.4. The molecule has 0 aromatic heterocycles. The monoisotopic (exact) mass is 356 g/mol. The summed E-state index contributed by atoms with van der Waals surface area (Å²) in [6.45, 7) is 25.5. The van der Waals surface area contributed by atoms with E-state index in [4.69, 9.17) is 4.12 Å². The second-order valence-electron chi connectivity index (χ2n) is 8.10. The van der Waals surface area contributed by atoms with E-state index in [9.17, 15) is 0 Å². The molecule has 0 saturated heterocycles. The van der Waals surface area contributed by atoms with Gasteiger partial charge >= 0.3 is 0 Å². The first kappa shape index (κ1) is 22.8. The Hall–Kier alpha value is -0.206. The summed E-state index contributed by atoms with van der Waals surface area (Å²) in [5.41, 5.74) is 2.40. The lowest BCUT2D eigenvalue weighted by molar-refractivity contribution is 0.525. The van der Waals surface area contributed by atoms with Crippen LogP contribution in [0.3, 0.4) is 0 Å². The SMILES string of the molecule is C=C(C)CNCCC[Si](C)(C)O[Si](C)(C)CCCNCC(=C)C. The van der Waals surface area contributed by atoms with Crippen LogP contribution in [0, 0.1) is 0 Å². The highest BCUT2D eigenvalue weighted by molar-refractivity contribution is 6.84. The first-order valence-corrected chi connectivity index (χ1v) is 15.2. The van der Waals surface area contributed by atoms with Crippen LogP contribution in [-0.4, -0.2) is 42.8 Å². The minimum absolute atomic E-state index is 0.931. The summed E-state index contributed by atoms with van der Waals surface area (Å²) in [7, 11) is -3.08. The standard InChI is InChI=1S/C18H40N2OSi2/c1-17(2)15-19-11-9-13-22(5,6)21-23(7,8)14-10-12-20-16-18(3)4/h19-20H,1,3,9-16H2,2,4-8H3. The normalized spacial score (nSPS) is 12.4. The molecular formula is C18H40N2OSi2. The fourth-order valence-electron chi connectivity index (χ4n) is 2.73. The topological polar surface area (TPSA) is 33.3 Å². The molecule has 0 unspecified atom stereocenters. The molecule has 0 heterocycles. The molecule has 0 bridgehead atoms. The molecule has 23 heavy (non-hydrogen) atoms. The fourth-order valence-corrected chi connectivity index (χ4v) is 11.6. The van der Waals surface area contributed by atoms with E-state index < -0.39 is 16.6 Å². The summed E-state index contributed by atoms with van der Waals surface area (Å²) >= 11 is 0. The molecule has 5 heteroatoms. The maximum Gasteiger partial charge on any atom is 0.173 e. The third kappa shape index (κ3) is 15.1. The van der Waals surface area contributed by atoms with Crippen LogP contribution in [0.2, 0.25) is 38.3 Å². The van der Waals surface area contributed by atoms with Crippen LogP contribution in [-0.2, 0) is 4.12 Å². The van der Waals surface area contributed by atoms with Crippen LogP contribution in [0.25, 0.3) is 0 Å². The number of nitrogens with one attached hydrogen (secondary N) is 2. The van der Waals surface area contributed by atoms with E-state index >= 15 is 0 Å². The van der Waals surface area contributed by atoms with Gasteiger partial charge in [-0.25, -0.2) is 0 Å². The van der Waals surface area contributed by atoms with E-state index in [0.29, 0.717) is 0 Å². The first-order chi connectivity index (χ1) is 10.5. The van der Waals surface area contributed by atoms with Gasteiger partial charge in [-0.3, -0.25) is 0 Å². The summed E-state index contributed by atoms with van der Waals surface area (Å²) in [6, 6.07) is 2.47. The smallest absolute Gasteiger partial charge is 0.173 e. The molecule has 136 valence electrons. The molecule has 3 nitrogen and oxygen atoms in total. The molecule has 0 amide bonds. The van der Waals surface area contributed by atoms with Crippen molar-refractivity contribution < 1.29 is 4.12 Å². The Bertz CT molecular complexity index is 334. The van der Waals surface area contributed by atoms with Crippen molar-refractivity contribution in [1.29, 1.82) is 0 Å². The third-order valence-corrected chi connectivity index (χ3v) is 11.2. The second-order valence-corrected chi connectivity index (χ2v) is 17.0. The van der Waals surface area contributed by atoms with Gasteiger partial charge in [-0.05, 0) is 78.1 Å². The van der Waals surface area contributed by atoms with E-state index in [1.807, 2.05) is 0 Å². The highest BCUT2D eigenvalue weighted by Crippen LogP contribution is 2.23. The number of rotatable bonds is 14. The molecule has 0 radical (unpaired) electrons. The zero-order chi connectivity index (χ0) is 17.9. The average molecular weight is 357 g/mol. The minimum Gasteiger partial charge on any atom is -0.455 e. The third-order valence-electron chi connectivity index (χ3n) is 3.67. The zero-order valence-electron chi connectivity index (χ0n) is 16.5. The molecule has 0 saturated carbocycles. The zero-order valence-corrected chi connectivity index (χ0v) is 18.5. The van der Waals surface area contributed by atoms with Crippen LogP contribution in [0.5, 0.6) is 0 Å². The molecule has 0 aliphatic heterocycles. The van der Waals surface area contributed by atoms with Crippen LogP contribution in [0.4, 0.5) is 0 Å². The van der Waals surface area contributed by atoms with E-state index in [1.54, 1.807) is 0 Å². The Labute approximate surface area is 147 Å². The van der Waals surface area contributed by atoms with Crippen molar-refractivity contribution in [2.24, 2.45) is 0 Å². The Morgan fingerprint density at radius 3 is 1.43 bits per heavy atom. The minimum atomic E-state index is -1.54. The van der Waals surface area contributed by atoms with Gasteiger partial charge in [-0.1, -0.05) is 24.3 Å². The predicted molar refractivity (Wildman–Crippen MR) is 110 cm³/mol. The summed E-state index contributed by atoms with van der Waals surface area (Å²) < 4.78 is 6.67. The molecule has 0 aromatic carbocycles. The summed E-state index contributed by atoms with van der Waals surface area (Å²) in [5.74, 6) is 0. The van der Waals surface area contributed by atoms with Gasteiger partial charge in [-0.2, -0.15) is 0 Å². The van der Waals surface area contributed by atoms with E-state index in [1.165, 1.54) is 36.1 Å². The van der Waals surface area contributed by atoms with Crippen molar-refractivity contribution in [3.63, 3.8) is 0 Å². The molecule has 0 spiro atoms. The Kier molecular flexibility index (Phi) is 11.3. The summed E-state index contributed by atoms with van der Waals surface area (Å²) in [4.78, 5) is 0. The molecule has 0 rings (SSSR count). The molecule has 0 fully saturated rings. The van der Waals surface area contributed by atoms with Crippen molar-refractivity contribution >= 4 is 16.6 Å². The lowest BCUT2D eigenvalue weighted by Crippen LogP contribution is -2.44. The molecule has 0 aliphatic carbocycles. The molecule has 0 aliphatic rings. The predicted octanol–water partition coefficient (Wildman–Crippen LogP) is 4.52. The first-order valence-electron chi connectivity index (χ1n) is 8.94. The van der Waals surface area contributed by atoms with Crippen LogP contribution >= 0.6 is 0 Å². The lowest BCUT2D eigenvalue weighted by Gasteiger charge is -2.34. The molecule has 2 N–H and O–H groups in total. The van der Waals surface area contributed by atoms with Gasteiger partial charge in [0.2, 0.25) is 0 Å². The summed E-state index contributed by atoms with van der Waals surface area (Å²) in [6.07, 6.45) is 2.41. The van der Waals surface area contributed by atoms with Crippen molar-refractivity contribution in [2.75, 3.05) is 26.2 Å². The van der Waals surface area contributed by atoms with Gasteiger partial charge in [0.1, 0.15) is 0 Å². The largest absolute Gasteiger partial charge is 0.455 e. The quantitative estimate of drug-likeness (QED) is 0.273. The van der Waals surface area contributed by atoms with Gasteiger partial charge < -0.3 is 14.7 Å². The van der Waals surface area contributed by atoms with Crippen LogP contribution in [0.1, 0.15) is 26.7 Å². The van der Waals surface area contributed by atoms with E-state index in [0.717, 1.165) is 26.2 Å². The van der Waals surface area contributed by atoms with Crippen molar-refractivity contribution in [3.05, 3.63) is 24.3 Å². The van der Waals surface area contributed by atoms with Gasteiger partial charge in [0.05, 0.1) is 0 Å². The van der Waals surface area contributed by atoms with Crippen LogP contribution < -0.4 is 10.6 Å². The van der Waals surface area contributed by atoms with Crippen molar-refractivity contribution in [3.8, 4) is 0 Å². The van der Waals surface area contributed by atoms with Crippen molar-refractivity contribution in [1.82, 2.24) is 10.6 Å². The number of hydrogen-bond acceptors (Lipinski definition) is 3. The van der Waals surface area contributed by atoms with Crippen molar-refractivity contribution in [2.45, 2.75) is 65.0 Å². The Morgan fingerprint density at radius 2 is 1.13 bits per heavy atom. The van der Waals surface area contributed by atoms with E-state index in [-0.39, 0.29) is 0 Å². The van der Waals surface area contributed by atoms with Gasteiger partial charge in [0, 0.05) is 13.1 Å². The van der Waals surface area contributed by atoms with Crippen LogP contribution in [0.15, 0.2) is 24.3 Å². The molecular weight excluding hydrogens is 316 g/mol. The average Bonchev–Trinajstić information content (AvgIpc) is 2.35. The number of hydrogen-bond donors (Lipinski definition) is 2.